The van der Waals surface area contributed by atoms with Crippen molar-refractivity contribution >= 4 is 44.7 Å². The number of nitriles is 1. The van der Waals surface area contributed by atoms with Crippen LogP contribution in [-0.4, -0.2) is 18.4 Å². The van der Waals surface area contributed by atoms with Gasteiger partial charge in [-0.3, -0.25) is 4.72 Å². The minimum Gasteiger partial charge on any atom is -0.399 e. The van der Waals surface area contributed by atoms with Crippen LogP contribution >= 0.6 is 23.2 Å². The Hall–Kier alpha value is -2.08. The Kier molecular flexibility index (Phi) is 4.18. The van der Waals surface area contributed by atoms with Crippen molar-refractivity contribution < 1.29 is 8.42 Å². The van der Waals surface area contributed by atoms with Crippen LogP contribution in [0.15, 0.2) is 29.2 Å². The summed E-state index contributed by atoms with van der Waals surface area (Å²) in [5.41, 5.74) is 5.70. The first kappa shape index (κ1) is 15.3. The number of rotatable bonds is 3. The van der Waals surface area contributed by atoms with Crippen molar-refractivity contribution in [2.75, 3.05) is 10.5 Å². The van der Waals surface area contributed by atoms with Gasteiger partial charge in [-0.25, -0.2) is 13.4 Å². The zero-order valence-corrected chi connectivity index (χ0v) is 12.5. The van der Waals surface area contributed by atoms with Crippen LogP contribution in [0.3, 0.4) is 0 Å². The molecule has 3 N–H and O–H groups in total. The highest BCUT2D eigenvalue weighted by Gasteiger charge is 2.20. The number of anilines is 2. The van der Waals surface area contributed by atoms with E-state index in [4.69, 9.17) is 34.2 Å². The maximum atomic E-state index is 12.3. The minimum atomic E-state index is -4.04. The molecular formula is C11H7Cl2N5O2S. The maximum absolute atomic E-state index is 12.3. The van der Waals surface area contributed by atoms with Gasteiger partial charge in [-0.2, -0.15) is 10.2 Å². The molecule has 0 aliphatic rings. The van der Waals surface area contributed by atoms with Gasteiger partial charge in [-0.15, -0.1) is 0 Å². The topological polar surface area (TPSA) is 122 Å². The van der Waals surface area contributed by atoms with Crippen molar-refractivity contribution in [3.8, 4) is 6.07 Å². The molecule has 0 fully saturated rings. The lowest BCUT2D eigenvalue weighted by Gasteiger charge is -2.09. The number of halogens is 2. The van der Waals surface area contributed by atoms with Gasteiger partial charge in [0.1, 0.15) is 21.9 Å². The van der Waals surface area contributed by atoms with Crippen molar-refractivity contribution in [2.45, 2.75) is 4.90 Å². The molecule has 2 rings (SSSR count). The summed E-state index contributed by atoms with van der Waals surface area (Å²) < 4.78 is 26.7. The van der Waals surface area contributed by atoms with Crippen LogP contribution in [0.4, 0.5) is 11.5 Å². The number of nitrogen functional groups attached to an aromatic ring is 1. The van der Waals surface area contributed by atoms with Crippen LogP contribution < -0.4 is 10.5 Å². The number of aromatic nitrogens is 2. The third-order valence-electron chi connectivity index (χ3n) is 2.32. The number of benzene rings is 1. The third-order valence-corrected chi connectivity index (χ3v) is 4.10. The molecule has 108 valence electrons. The molecule has 1 heterocycles. The fraction of sp³-hybridized carbons (Fsp3) is 0. The lowest BCUT2D eigenvalue weighted by atomic mass is 10.2. The summed E-state index contributed by atoms with van der Waals surface area (Å²) in [5, 5.41) is 8.76. The van der Waals surface area contributed by atoms with E-state index in [1.807, 2.05) is 0 Å². The van der Waals surface area contributed by atoms with Crippen LogP contribution in [0.25, 0.3) is 0 Å². The largest absolute Gasteiger partial charge is 0.399 e. The number of nitrogens with zero attached hydrogens (tertiary/aromatic N) is 3. The van der Waals surface area contributed by atoms with Gasteiger partial charge in [0, 0.05) is 11.8 Å². The molecule has 0 saturated heterocycles. The summed E-state index contributed by atoms with van der Waals surface area (Å²) in [6, 6.07) is 6.81. The van der Waals surface area contributed by atoms with Gasteiger partial charge in [0.15, 0.2) is 0 Å². The zero-order valence-electron chi connectivity index (χ0n) is 10.2. The molecule has 0 aliphatic heterocycles. The Morgan fingerprint density at radius 2 is 1.95 bits per heavy atom. The molecule has 0 radical (unpaired) electrons. The molecule has 0 saturated carbocycles. The van der Waals surface area contributed by atoms with Crippen LogP contribution in [0.1, 0.15) is 5.56 Å². The van der Waals surface area contributed by atoms with E-state index in [1.54, 1.807) is 6.07 Å². The lowest BCUT2D eigenvalue weighted by molar-refractivity contribution is 0.601. The fourth-order valence-electron chi connectivity index (χ4n) is 1.50. The minimum absolute atomic E-state index is 0.0227. The molecule has 0 aliphatic carbocycles. The van der Waals surface area contributed by atoms with E-state index in [-0.39, 0.29) is 32.4 Å². The number of nitrogens with one attached hydrogen (secondary N) is 1. The van der Waals surface area contributed by atoms with E-state index in [0.717, 1.165) is 0 Å². The van der Waals surface area contributed by atoms with Gasteiger partial charge in [-0.05, 0) is 29.8 Å². The molecule has 0 amide bonds. The Morgan fingerprint density at radius 3 is 2.57 bits per heavy atom. The standard InChI is InChI=1S/C11H7Cl2N5O2S/c12-9-4-10(17-11(13)16-9)18-21(19,20)8-2-1-7(15)3-6(8)5-14/h1-4H,15H2,(H,16,17,18). The second kappa shape index (κ2) is 5.73. The highest BCUT2D eigenvalue weighted by Crippen LogP contribution is 2.22. The van der Waals surface area contributed by atoms with Gasteiger partial charge in [0.25, 0.3) is 10.0 Å². The van der Waals surface area contributed by atoms with E-state index >= 15 is 0 Å². The molecule has 7 nitrogen and oxygen atoms in total. The fourth-order valence-corrected chi connectivity index (χ4v) is 3.04. The predicted octanol–water partition coefficient (Wildman–Crippen LogP) is 2.04. The van der Waals surface area contributed by atoms with Gasteiger partial charge in [0.2, 0.25) is 5.28 Å². The Morgan fingerprint density at radius 1 is 1.24 bits per heavy atom. The van der Waals surface area contributed by atoms with Crippen molar-refractivity contribution in [2.24, 2.45) is 0 Å². The molecule has 2 aromatic rings. The first-order chi connectivity index (χ1) is 9.81. The van der Waals surface area contributed by atoms with Gasteiger partial charge in [-0.1, -0.05) is 11.6 Å². The molecule has 0 unspecified atom stereocenters. The number of hydrogen-bond donors (Lipinski definition) is 2. The molecule has 1 aromatic carbocycles. The molecule has 0 bridgehead atoms. The summed E-state index contributed by atoms with van der Waals surface area (Å²) >= 11 is 11.3. The van der Waals surface area contributed by atoms with E-state index < -0.39 is 10.0 Å². The van der Waals surface area contributed by atoms with E-state index in [0.29, 0.717) is 0 Å². The van der Waals surface area contributed by atoms with Crippen molar-refractivity contribution in [3.05, 3.63) is 40.3 Å². The SMILES string of the molecule is N#Cc1cc(N)ccc1S(=O)(=O)Nc1cc(Cl)nc(Cl)n1. The molecule has 0 spiro atoms. The summed E-state index contributed by atoms with van der Waals surface area (Å²) in [4.78, 5) is 7.06. The van der Waals surface area contributed by atoms with Crippen LogP contribution in [-0.2, 0) is 10.0 Å². The highest BCUT2D eigenvalue weighted by atomic mass is 35.5. The predicted molar refractivity (Wildman–Crippen MR) is 78.4 cm³/mol. The van der Waals surface area contributed by atoms with Crippen LogP contribution in [0.2, 0.25) is 10.4 Å². The normalized spacial score (nSPS) is 10.9. The van der Waals surface area contributed by atoms with E-state index in [9.17, 15) is 8.42 Å². The average molecular weight is 344 g/mol. The number of nitrogens with two attached hydrogens (primary N) is 1. The highest BCUT2D eigenvalue weighted by molar-refractivity contribution is 7.92. The smallest absolute Gasteiger partial charge is 0.264 e. The van der Waals surface area contributed by atoms with E-state index in [1.165, 1.54) is 24.3 Å². The molecule has 0 atom stereocenters. The van der Waals surface area contributed by atoms with Crippen molar-refractivity contribution in [1.29, 1.82) is 5.26 Å². The Bertz CT molecular complexity index is 828. The monoisotopic (exact) mass is 343 g/mol. The average Bonchev–Trinajstić information content (AvgIpc) is 2.36. The zero-order chi connectivity index (χ0) is 15.6. The first-order valence-electron chi connectivity index (χ1n) is 5.34. The van der Waals surface area contributed by atoms with E-state index in [2.05, 4.69) is 14.7 Å². The molecule has 21 heavy (non-hydrogen) atoms. The summed E-state index contributed by atoms with van der Waals surface area (Å²) in [5.74, 6) is -0.110. The summed E-state index contributed by atoms with van der Waals surface area (Å²) in [6.45, 7) is 0. The quantitative estimate of drug-likeness (QED) is 0.499. The number of hydrogen-bond acceptors (Lipinski definition) is 6. The first-order valence-corrected chi connectivity index (χ1v) is 7.58. The molecular weight excluding hydrogens is 337 g/mol. The van der Waals surface area contributed by atoms with Crippen molar-refractivity contribution in [1.82, 2.24) is 9.97 Å². The van der Waals surface area contributed by atoms with Gasteiger partial charge in [0.05, 0.1) is 5.56 Å². The molecule has 10 heteroatoms. The second-order valence-electron chi connectivity index (χ2n) is 3.82. The number of sulfonamides is 1. The Balaban J connectivity index is 2.46. The van der Waals surface area contributed by atoms with Gasteiger partial charge < -0.3 is 5.73 Å². The van der Waals surface area contributed by atoms with Gasteiger partial charge >= 0.3 is 0 Å². The van der Waals surface area contributed by atoms with Crippen molar-refractivity contribution in [3.63, 3.8) is 0 Å². The molecule has 1 aromatic heterocycles. The maximum Gasteiger partial charge on any atom is 0.264 e. The lowest BCUT2D eigenvalue weighted by Crippen LogP contribution is -2.15. The van der Waals surface area contributed by atoms with Crippen LogP contribution in [0.5, 0.6) is 0 Å². The van der Waals surface area contributed by atoms with Crippen LogP contribution in [0, 0.1) is 11.3 Å². The third kappa shape index (κ3) is 3.52. The Labute approximate surface area is 130 Å². The summed E-state index contributed by atoms with van der Waals surface area (Å²) in [7, 11) is -4.04. The second-order valence-corrected chi connectivity index (χ2v) is 6.19. The summed E-state index contributed by atoms with van der Waals surface area (Å²) in [6.07, 6.45) is 0.